The summed E-state index contributed by atoms with van der Waals surface area (Å²) in [6.07, 6.45) is 16.6. The minimum Gasteiger partial charge on any atom is -0.478 e. The van der Waals surface area contributed by atoms with E-state index in [4.69, 9.17) is 0 Å². The molecule has 0 aliphatic rings. The van der Waals surface area contributed by atoms with Gasteiger partial charge in [-0.15, -0.1) is 0 Å². The quantitative estimate of drug-likeness (QED) is 0.0649. The second-order valence-corrected chi connectivity index (χ2v) is 12.7. The van der Waals surface area contributed by atoms with E-state index in [9.17, 15) is 29.7 Å². The number of carboxylic acid groups (broad SMARTS) is 3. The molecule has 0 atom stereocenters. The van der Waals surface area contributed by atoms with Crippen molar-refractivity contribution in [1.29, 1.82) is 0 Å². The second kappa shape index (κ2) is 18.0. The lowest BCUT2D eigenvalue weighted by molar-refractivity contribution is 0.0686. The molecule has 0 unspecified atom stereocenters. The summed E-state index contributed by atoms with van der Waals surface area (Å²) >= 11 is 0. The van der Waals surface area contributed by atoms with Crippen molar-refractivity contribution in [2.45, 2.75) is 95.8 Å². The van der Waals surface area contributed by atoms with Crippen LogP contribution in [-0.2, 0) is 11.8 Å². The SMILES string of the molecule is CCCCCCCCCCCCCCc1ccc(C(c2ccc(C(=O)O)cc2)(c2ccc(C(=O)O)cc2)c2ccc(C(=O)O)cc2)cc1. The van der Waals surface area contributed by atoms with Crippen LogP contribution in [0.15, 0.2) is 97.1 Å². The minimum atomic E-state index is -1.04. The van der Waals surface area contributed by atoms with Gasteiger partial charge in [0.1, 0.15) is 0 Å². The van der Waals surface area contributed by atoms with Crippen LogP contribution >= 0.6 is 0 Å². The van der Waals surface area contributed by atoms with Crippen LogP contribution in [0.3, 0.4) is 0 Å². The Morgan fingerprint density at radius 1 is 0.417 bits per heavy atom. The highest BCUT2D eigenvalue weighted by Gasteiger charge is 2.38. The van der Waals surface area contributed by atoms with Crippen molar-refractivity contribution in [2.75, 3.05) is 0 Å². The smallest absolute Gasteiger partial charge is 0.335 e. The number of hydrogen-bond donors (Lipinski definition) is 3. The Labute approximate surface area is 284 Å². The summed E-state index contributed by atoms with van der Waals surface area (Å²) in [4.78, 5) is 35.2. The molecular weight excluding hydrogens is 600 g/mol. The zero-order valence-electron chi connectivity index (χ0n) is 28.0. The lowest BCUT2D eigenvalue weighted by Gasteiger charge is -2.37. The third kappa shape index (κ3) is 9.21. The minimum absolute atomic E-state index is 0.146. The number of benzene rings is 4. The zero-order valence-corrected chi connectivity index (χ0v) is 28.0. The van der Waals surface area contributed by atoms with Gasteiger partial charge in [-0.3, -0.25) is 0 Å². The van der Waals surface area contributed by atoms with Crippen LogP contribution in [0.25, 0.3) is 0 Å². The van der Waals surface area contributed by atoms with Gasteiger partial charge < -0.3 is 15.3 Å². The predicted octanol–water partition coefficient (Wildman–Crippen LogP) is 10.4. The number of carboxylic acids is 3. The highest BCUT2D eigenvalue weighted by atomic mass is 16.4. The fourth-order valence-electron chi connectivity index (χ4n) is 6.68. The highest BCUT2D eigenvalue weighted by Crippen LogP contribution is 2.45. The maximum atomic E-state index is 11.7. The molecule has 6 nitrogen and oxygen atoms in total. The molecule has 4 rings (SSSR count). The van der Waals surface area contributed by atoms with Crippen molar-refractivity contribution < 1.29 is 29.7 Å². The van der Waals surface area contributed by atoms with Crippen LogP contribution in [0.4, 0.5) is 0 Å². The summed E-state index contributed by atoms with van der Waals surface area (Å²) in [6.45, 7) is 2.26. The maximum Gasteiger partial charge on any atom is 0.335 e. The van der Waals surface area contributed by atoms with Gasteiger partial charge in [0.15, 0.2) is 0 Å². The standard InChI is InChI=1S/C42H48O6/c1-2-3-4-5-6-7-8-9-10-11-12-13-14-31-15-23-35(24-16-31)42(36-25-17-32(18-26-36)39(43)44,37-27-19-33(20-28-37)40(45)46)38-29-21-34(22-30-38)41(47)48/h15-30H,2-14H2,1H3,(H,43,44)(H,45,46)(H,47,48). The molecule has 0 radical (unpaired) electrons. The monoisotopic (exact) mass is 648 g/mol. The molecule has 0 heterocycles. The summed E-state index contributed by atoms with van der Waals surface area (Å²) < 4.78 is 0. The summed E-state index contributed by atoms with van der Waals surface area (Å²) in [7, 11) is 0. The van der Waals surface area contributed by atoms with E-state index in [0.717, 1.165) is 35.1 Å². The molecular formula is C42H48O6. The van der Waals surface area contributed by atoms with Gasteiger partial charge in [-0.2, -0.15) is 0 Å². The average Bonchev–Trinajstić information content (AvgIpc) is 3.10. The highest BCUT2D eigenvalue weighted by molar-refractivity contribution is 5.89. The Kier molecular flexibility index (Phi) is 13.5. The molecule has 0 fully saturated rings. The largest absolute Gasteiger partial charge is 0.478 e. The third-order valence-corrected chi connectivity index (χ3v) is 9.40. The van der Waals surface area contributed by atoms with Crippen LogP contribution in [0, 0.1) is 0 Å². The van der Waals surface area contributed by atoms with Crippen LogP contribution in [-0.4, -0.2) is 33.2 Å². The fraction of sp³-hybridized carbons (Fsp3) is 0.357. The van der Waals surface area contributed by atoms with E-state index in [1.807, 2.05) is 0 Å². The molecule has 4 aromatic rings. The van der Waals surface area contributed by atoms with E-state index < -0.39 is 23.3 Å². The first-order valence-corrected chi connectivity index (χ1v) is 17.4. The van der Waals surface area contributed by atoms with Crippen molar-refractivity contribution in [1.82, 2.24) is 0 Å². The van der Waals surface area contributed by atoms with E-state index >= 15 is 0 Å². The third-order valence-electron chi connectivity index (χ3n) is 9.40. The van der Waals surface area contributed by atoms with Crippen molar-refractivity contribution in [3.8, 4) is 0 Å². The Morgan fingerprint density at radius 3 is 0.979 bits per heavy atom. The molecule has 0 aliphatic heterocycles. The molecule has 0 spiro atoms. The first-order valence-electron chi connectivity index (χ1n) is 17.4. The van der Waals surface area contributed by atoms with Crippen LogP contribution in [0.5, 0.6) is 0 Å². The Morgan fingerprint density at radius 2 is 0.688 bits per heavy atom. The van der Waals surface area contributed by atoms with Crippen LogP contribution in [0.1, 0.15) is 143 Å². The lowest BCUT2D eigenvalue weighted by Crippen LogP contribution is -2.31. The number of carbonyl (C=O) groups is 3. The average molecular weight is 649 g/mol. The van der Waals surface area contributed by atoms with Gasteiger partial charge in [-0.25, -0.2) is 14.4 Å². The first-order chi connectivity index (χ1) is 23.3. The van der Waals surface area contributed by atoms with Gasteiger partial charge in [-0.05, 0) is 77.1 Å². The van der Waals surface area contributed by atoms with Crippen molar-refractivity contribution in [3.63, 3.8) is 0 Å². The molecule has 0 aromatic heterocycles. The first kappa shape index (κ1) is 36.1. The molecule has 4 aromatic carbocycles. The van der Waals surface area contributed by atoms with Crippen molar-refractivity contribution >= 4 is 17.9 Å². The number of aryl methyl sites for hydroxylation is 1. The van der Waals surface area contributed by atoms with E-state index in [1.165, 1.54) is 76.2 Å². The van der Waals surface area contributed by atoms with Gasteiger partial charge in [-0.1, -0.05) is 138 Å². The summed E-state index contributed by atoms with van der Waals surface area (Å²) in [6, 6.07) is 28.5. The summed E-state index contributed by atoms with van der Waals surface area (Å²) in [5.41, 5.74) is 3.89. The van der Waals surface area contributed by atoms with Crippen molar-refractivity contribution in [2.24, 2.45) is 0 Å². The molecule has 0 bridgehead atoms. The summed E-state index contributed by atoms with van der Waals surface area (Å²) in [5.74, 6) is -3.11. The molecule has 252 valence electrons. The second-order valence-electron chi connectivity index (χ2n) is 12.7. The Hall–Kier alpha value is -4.71. The number of unbranched alkanes of at least 4 members (excludes halogenated alkanes) is 11. The molecule has 0 saturated heterocycles. The molecule has 0 saturated carbocycles. The number of aromatic carboxylic acids is 3. The van der Waals surface area contributed by atoms with Crippen molar-refractivity contribution in [3.05, 3.63) is 142 Å². The van der Waals surface area contributed by atoms with Crippen LogP contribution < -0.4 is 0 Å². The lowest BCUT2D eigenvalue weighted by atomic mass is 9.64. The van der Waals surface area contributed by atoms with Gasteiger partial charge in [0, 0.05) is 0 Å². The van der Waals surface area contributed by atoms with Gasteiger partial charge in [0.2, 0.25) is 0 Å². The number of rotatable bonds is 20. The molecule has 3 N–H and O–H groups in total. The topological polar surface area (TPSA) is 112 Å². The van der Waals surface area contributed by atoms with E-state index in [-0.39, 0.29) is 16.7 Å². The van der Waals surface area contributed by atoms with Crippen LogP contribution in [0.2, 0.25) is 0 Å². The van der Waals surface area contributed by atoms with E-state index in [0.29, 0.717) is 0 Å². The van der Waals surface area contributed by atoms with Gasteiger partial charge in [0.25, 0.3) is 0 Å². The van der Waals surface area contributed by atoms with E-state index in [2.05, 4.69) is 31.2 Å². The van der Waals surface area contributed by atoms with E-state index in [1.54, 1.807) is 72.8 Å². The molecule has 48 heavy (non-hydrogen) atoms. The van der Waals surface area contributed by atoms with Gasteiger partial charge in [0.05, 0.1) is 22.1 Å². The molecule has 0 aliphatic carbocycles. The zero-order chi connectivity index (χ0) is 34.4. The normalized spacial score (nSPS) is 11.4. The summed E-state index contributed by atoms with van der Waals surface area (Å²) in [5, 5.41) is 28.8. The fourth-order valence-corrected chi connectivity index (χ4v) is 6.68. The van der Waals surface area contributed by atoms with Gasteiger partial charge >= 0.3 is 17.9 Å². The Bertz CT molecular complexity index is 1460. The molecule has 0 amide bonds. The predicted molar refractivity (Wildman–Crippen MR) is 190 cm³/mol. The molecule has 6 heteroatoms. The maximum absolute atomic E-state index is 11.7. The number of hydrogen-bond acceptors (Lipinski definition) is 3. The Balaban J connectivity index is 1.59.